The molecule has 0 aliphatic carbocycles. The Hall–Kier alpha value is -2.09. The number of esters is 1. The van der Waals surface area contributed by atoms with E-state index in [1.165, 1.54) is 7.11 Å². The molecule has 0 spiro atoms. The van der Waals surface area contributed by atoms with E-state index in [0.717, 1.165) is 10.0 Å². The van der Waals surface area contributed by atoms with Gasteiger partial charge in [0.05, 0.1) is 13.0 Å². The van der Waals surface area contributed by atoms with Crippen molar-refractivity contribution in [1.82, 2.24) is 10.2 Å². The monoisotopic (exact) mass is 454 g/mol. The number of rotatable bonds is 5. The molecule has 2 atom stereocenters. The van der Waals surface area contributed by atoms with E-state index in [1.807, 2.05) is 24.3 Å². The average Bonchev–Trinajstić information content (AvgIpc) is 3.08. The Labute approximate surface area is 173 Å². The number of nitrogens with zero attached hydrogens (tertiary/aromatic N) is 1. The van der Waals surface area contributed by atoms with Crippen LogP contribution in [0.4, 0.5) is 4.79 Å². The molecule has 0 aromatic heterocycles. The van der Waals surface area contributed by atoms with Crippen LogP contribution in [-0.2, 0) is 25.5 Å². The summed E-state index contributed by atoms with van der Waals surface area (Å²) in [4.78, 5) is 38.7. The molecule has 1 N–H and O–H groups in total. The zero-order chi connectivity index (χ0) is 20.9. The van der Waals surface area contributed by atoms with Crippen molar-refractivity contribution in [2.45, 2.75) is 45.3 Å². The molecule has 1 heterocycles. The van der Waals surface area contributed by atoms with Gasteiger partial charge in [-0.2, -0.15) is 0 Å². The molecule has 28 heavy (non-hydrogen) atoms. The number of hydrogen-bond acceptors (Lipinski definition) is 5. The summed E-state index contributed by atoms with van der Waals surface area (Å²) in [6.45, 7) is 6.03. The predicted octanol–water partition coefficient (Wildman–Crippen LogP) is 2.91. The molecule has 0 radical (unpaired) electrons. The van der Waals surface area contributed by atoms with Crippen LogP contribution in [0, 0.1) is 5.92 Å². The van der Waals surface area contributed by atoms with Crippen LogP contribution in [0.3, 0.4) is 0 Å². The molecule has 2 rings (SSSR count). The van der Waals surface area contributed by atoms with Crippen LogP contribution in [0.2, 0.25) is 0 Å². The molecule has 8 heteroatoms. The SMILES string of the molecule is COC(=O)[C@H]1CCN(C(=O)[C@H](Cc2cccc(Br)c2)NC(=O)OC(C)(C)C)C1. The van der Waals surface area contributed by atoms with Gasteiger partial charge in [0.1, 0.15) is 11.6 Å². The number of halogens is 1. The highest BCUT2D eigenvalue weighted by Crippen LogP contribution is 2.20. The van der Waals surface area contributed by atoms with E-state index in [0.29, 0.717) is 19.4 Å². The molecule has 0 unspecified atom stereocenters. The number of hydrogen-bond donors (Lipinski definition) is 1. The maximum absolute atomic E-state index is 13.1. The molecular weight excluding hydrogens is 428 g/mol. The molecular formula is C20H27BrN2O5. The topological polar surface area (TPSA) is 84.9 Å². The van der Waals surface area contributed by atoms with Gasteiger partial charge in [-0.25, -0.2) is 4.79 Å². The molecule has 1 aliphatic rings. The Kier molecular flexibility index (Phi) is 7.46. The zero-order valence-electron chi connectivity index (χ0n) is 16.7. The summed E-state index contributed by atoms with van der Waals surface area (Å²) < 4.78 is 11.0. The number of alkyl carbamates (subject to hydrolysis) is 1. The summed E-state index contributed by atoms with van der Waals surface area (Å²) in [6.07, 6.45) is 0.218. The fraction of sp³-hybridized carbons (Fsp3) is 0.550. The number of nitrogens with one attached hydrogen (secondary N) is 1. The van der Waals surface area contributed by atoms with Crippen LogP contribution < -0.4 is 5.32 Å². The number of likely N-dealkylation sites (tertiary alicyclic amines) is 1. The summed E-state index contributed by atoms with van der Waals surface area (Å²) in [5, 5.41) is 2.69. The minimum absolute atomic E-state index is 0.239. The smallest absolute Gasteiger partial charge is 0.408 e. The second-order valence-corrected chi connectivity index (χ2v) is 8.74. The maximum atomic E-state index is 13.1. The third-order valence-electron chi connectivity index (χ3n) is 4.35. The number of methoxy groups -OCH3 is 1. The number of benzene rings is 1. The van der Waals surface area contributed by atoms with Crippen LogP contribution in [0.15, 0.2) is 28.7 Å². The van der Waals surface area contributed by atoms with Gasteiger partial charge in [0.15, 0.2) is 0 Å². The lowest BCUT2D eigenvalue weighted by Crippen LogP contribution is -2.50. The van der Waals surface area contributed by atoms with Crippen molar-refractivity contribution < 1.29 is 23.9 Å². The summed E-state index contributed by atoms with van der Waals surface area (Å²) in [6, 6.07) is 6.77. The minimum Gasteiger partial charge on any atom is -0.469 e. The van der Waals surface area contributed by atoms with Gasteiger partial charge in [0.25, 0.3) is 0 Å². The van der Waals surface area contributed by atoms with Crippen molar-refractivity contribution in [1.29, 1.82) is 0 Å². The van der Waals surface area contributed by atoms with Gasteiger partial charge in [0.2, 0.25) is 5.91 Å². The highest BCUT2D eigenvalue weighted by molar-refractivity contribution is 9.10. The van der Waals surface area contributed by atoms with Crippen molar-refractivity contribution in [3.05, 3.63) is 34.3 Å². The van der Waals surface area contributed by atoms with E-state index >= 15 is 0 Å². The fourth-order valence-electron chi connectivity index (χ4n) is 3.09. The third-order valence-corrected chi connectivity index (χ3v) is 4.85. The van der Waals surface area contributed by atoms with Gasteiger partial charge in [-0.1, -0.05) is 28.1 Å². The fourth-order valence-corrected chi connectivity index (χ4v) is 3.54. The van der Waals surface area contributed by atoms with Crippen molar-refractivity contribution in [2.75, 3.05) is 20.2 Å². The van der Waals surface area contributed by atoms with Crippen LogP contribution in [0.5, 0.6) is 0 Å². The summed E-state index contributed by atoms with van der Waals surface area (Å²) in [7, 11) is 1.34. The Morgan fingerprint density at radius 3 is 2.64 bits per heavy atom. The second kappa shape index (κ2) is 9.41. The first-order chi connectivity index (χ1) is 13.1. The number of ether oxygens (including phenoxy) is 2. The summed E-state index contributed by atoms with van der Waals surface area (Å²) in [5.41, 5.74) is 0.226. The number of carbonyl (C=O) groups excluding carboxylic acids is 3. The largest absolute Gasteiger partial charge is 0.469 e. The second-order valence-electron chi connectivity index (χ2n) is 7.83. The molecule has 0 saturated carbocycles. The van der Waals surface area contributed by atoms with Gasteiger partial charge in [-0.3, -0.25) is 9.59 Å². The van der Waals surface area contributed by atoms with Crippen LogP contribution in [0.1, 0.15) is 32.8 Å². The highest BCUT2D eigenvalue weighted by atomic mass is 79.9. The average molecular weight is 455 g/mol. The van der Waals surface area contributed by atoms with Crippen LogP contribution in [0.25, 0.3) is 0 Å². The van der Waals surface area contributed by atoms with E-state index in [4.69, 9.17) is 9.47 Å². The molecule has 1 aliphatic heterocycles. The van der Waals surface area contributed by atoms with E-state index < -0.39 is 17.7 Å². The van der Waals surface area contributed by atoms with E-state index in [1.54, 1.807) is 25.7 Å². The molecule has 1 fully saturated rings. The third kappa shape index (κ3) is 6.51. The van der Waals surface area contributed by atoms with Crippen LogP contribution >= 0.6 is 15.9 Å². The molecule has 1 saturated heterocycles. The standard InChI is InChI=1S/C20H27BrN2O5/c1-20(2,3)28-19(26)22-16(11-13-6-5-7-15(21)10-13)17(24)23-9-8-14(12-23)18(25)27-4/h5-7,10,14,16H,8-9,11-12H2,1-4H3,(H,22,26)/t14-,16-/m0/s1. The first kappa shape index (κ1) is 22.2. The number of carbonyl (C=O) groups is 3. The Bertz CT molecular complexity index is 732. The minimum atomic E-state index is -0.791. The van der Waals surface area contributed by atoms with Gasteiger partial charge < -0.3 is 19.7 Å². The van der Waals surface area contributed by atoms with Gasteiger partial charge in [-0.15, -0.1) is 0 Å². The molecule has 1 aromatic rings. The maximum Gasteiger partial charge on any atom is 0.408 e. The number of amides is 2. The summed E-state index contributed by atoms with van der Waals surface area (Å²) >= 11 is 3.42. The lowest BCUT2D eigenvalue weighted by Gasteiger charge is -2.26. The predicted molar refractivity (Wildman–Crippen MR) is 108 cm³/mol. The van der Waals surface area contributed by atoms with Crippen molar-refractivity contribution in [3.63, 3.8) is 0 Å². The van der Waals surface area contributed by atoms with Crippen molar-refractivity contribution >= 4 is 33.9 Å². The Balaban J connectivity index is 2.13. The summed E-state index contributed by atoms with van der Waals surface area (Å²) in [5.74, 6) is -0.891. The lowest BCUT2D eigenvalue weighted by molar-refractivity contribution is -0.145. The van der Waals surface area contributed by atoms with Crippen molar-refractivity contribution in [2.24, 2.45) is 5.92 Å². The first-order valence-electron chi connectivity index (χ1n) is 9.19. The molecule has 0 bridgehead atoms. The molecule has 1 aromatic carbocycles. The van der Waals surface area contributed by atoms with Crippen molar-refractivity contribution in [3.8, 4) is 0 Å². The van der Waals surface area contributed by atoms with Gasteiger partial charge >= 0.3 is 12.1 Å². The molecule has 154 valence electrons. The molecule has 2 amide bonds. The normalized spacial score (nSPS) is 17.8. The zero-order valence-corrected chi connectivity index (χ0v) is 18.2. The molecule has 7 nitrogen and oxygen atoms in total. The Morgan fingerprint density at radius 2 is 2.04 bits per heavy atom. The van der Waals surface area contributed by atoms with Gasteiger partial charge in [-0.05, 0) is 44.9 Å². The van der Waals surface area contributed by atoms with Crippen LogP contribution in [-0.4, -0.2) is 54.7 Å². The lowest BCUT2D eigenvalue weighted by atomic mass is 10.0. The van der Waals surface area contributed by atoms with E-state index in [-0.39, 0.29) is 24.3 Å². The first-order valence-corrected chi connectivity index (χ1v) is 9.99. The highest BCUT2D eigenvalue weighted by Gasteiger charge is 2.35. The van der Waals surface area contributed by atoms with E-state index in [9.17, 15) is 14.4 Å². The van der Waals surface area contributed by atoms with E-state index in [2.05, 4.69) is 21.2 Å². The quantitative estimate of drug-likeness (QED) is 0.691. The van der Waals surface area contributed by atoms with Gasteiger partial charge in [0, 0.05) is 24.0 Å². The Morgan fingerprint density at radius 1 is 1.32 bits per heavy atom.